The highest BCUT2D eigenvalue weighted by Gasteiger charge is 2.19. The average molecular weight is 277 g/mol. The number of nitrogens with zero attached hydrogens (tertiary/aromatic N) is 3. The molecule has 5 nitrogen and oxygen atoms in total. The highest BCUT2D eigenvalue weighted by atomic mass is 16.1. The molecule has 0 aliphatic rings. The first-order chi connectivity index (χ1) is 10.1. The summed E-state index contributed by atoms with van der Waals surface area (Å²) in [6, 6.07) is 10.7. The van der Waals surface area contributed by atoms with Crippen molar-refractivity contribution in [3.63, 3.8) is 0 Å². The number of H-pyrrole nitrogens is 1. The fraction of sp³-hybridized carbons (Fsp3) is 0.125. The molecular formula is C16H13N4O+. The highest BCUT2D eigenvalue weighted by molar-refractivity contribution is 5.82. The zero-order valence-corrected chi connectivity index (χ0v) is 11.7. The van der Waals surface area contributed by atoms with Crippen molar-refractivity contribution in [3.05, 3.63) is 62.9 Å². The average Bonchev–Trinajstić information content (AvgIpc) is 2.48. The van der Waals surface area contributed by atoms with Crippen molar-refractivity contribution >= 4 is 16.7 Å². The van der Waals surface area contributed by atoms with Crippen molar-refractivity contribution < 1.29 is 0 Å². The van der Waals surface area contributed by atoms with Crippen LogP contribution in [-0.4, -0.2) is 9.97 Å². The van der Waals surface area contributed by atoms with Crippen LogP contribution in [0, 0.1) is 19.2 Å². The van der Waals surface area contributed by atoms with Gasteiger partial charge in [0.15, 0.2) is 4.98 Å². The summed E-state index contributed by atoms with van der Waals surface area (Å²) in [5.74, 6) is 0. The number of rotatable bonds is 1. The van der Waals surface area contributed by atoms with Gasteiger partial charge in [0.05, 0.1) is 11.0 Å². The van der Waals surface area contributed by atoms with Gasteiger partial charge in [-0.25, -0.2) is 4.98 Å². The molecule has 21 heavy (non-hydrogen) atoms. The predicted molar refractivity (Wildman–Crippen MR) is 82.0 cm³/mol. The molecule has 0 amide bonds. The van der Waals surface area contributed by atoms with Gasteiger partial charge in [-0.1, -0.05) is 12.1 Å². The summed E-state index contributed by atoms with van der Waals surface area (Å²) >= 11 is 0. The van der Waals surface area contributed by atoms with Gasteiger partial charge >= 0.3 is 5.69 Å². The molecule has 3 aromatic rings. The Morgan fingerprint density at radius 2 is 1.86 bits per heavy atom. The maximum atomic E-state index is 12.3. The minimum absolute atomic E-state index is 0.249. The van der Waals surface area contributed by atoms with Gasteiger partial charge in [-0.2, -0.15) is 0 Å². The molecule has 1 aromatic heterocycles. The molecule has 0 saturated carbocycles. The van der Waals surface area contributed by atoms with E-state index in [1.807, 2.05) is 26.0 Å². The van der Waals surface area contributed by atoms with Gasteiger partial charge in [0.2, 0.25) is 5.39 Å². The Morgan fingerprint density at radius 1 is 1.14 bits per heavy atom. The third-order valence-electron chi connectivity index (χ3n) is 3.57. The van der Waals surface area contributed by atoms with E-state index in [1.54, 1.807) is 24.3 Å². The predicted octanol–water partition coefficient (Wildman–Crippen LogP) is 3.69. The molecule has 102 valence electrons. The van der Waals surface area contributed by atoms with Crippen molar-refractivity contribution in [2.75, 3.05) is 0 Å². The molecule has 1 N–H and O–H groups in total. The lowest BCUT2D eigenvalue weighted by atomic mass is 10.1. The van der Waals surface area contributed by atoms with Crippen LogP contribution in [0.3, 0.4) is 0 Å². The highest BCUT2D eigenvalue weighted by Crippen LogP contribution is 2.27. The lowest BCUT2D eigenvalue weighted by Gasteiger charge is -2.05. The van der Waals surface area contributed by atoms with E-state index >= 15 is 0 Å². The van der Waals surface area contributed by atoms with E-state index < -0.39 is 0 Å². The van der Waals surface area contributed by atoms with Crippen LogP contribution in [0.5, 0.6) is 0 Å². The fourth-order valence-corrected chi connectivity index (χ4v) is 2.29. The summed E-state index contributed by atoms with van der Waals surface area (Å²) < 4.78 is 0. The molecule has 0 spiro atoms. The molecule has 0 unspecified atom stereocenters. The number of benzene rings is 2. The molecule has 0 bridgehead atoms. The Labute approximate surface area is 120 Å². The van der Waals surface area contributed by atoms with E-state index in [9.17, 15) is 4.79 Å². The standard InChI is InChI=1S/C16H12N4O/c1-9-7-13-14(8-10(9)2)19-16(21)15(18-13)11-5-3-4-6-12(11)20-17/h3-8H,1-2H3/p+1. The lowest BCUT2D eigenvalue weighted by Crippen LogP contribution is -2.11. The maximum Gasteiger partial charge on any atom is 0.394 e. The van der Waals surface area contributed by atoms with Gasteiger partial charge in [-0.3, -0.25) is 4.79 Å². The number of aromatic nitrogens is 2. The smallest absolute Gasteiger partial charge is 0.319 e. The molecule has 0 aliphatic carbocycles. The molecule has 3 rings (SSSR count). The second kappa shape index (κ2) is 4.84. The number of hydrogen-bond acceptors (Lipinski definition) is 3. The lowest BCUT2D eigenvalue weighted by molar-refractivity contribution is 1.21. The first kappa shape index (κ1) is 13.0. The van der Waals surface area contributed by atoms with Crippen LogP contribution in [0.25, 0.3) is 27.3 Å². The molecule has 1 heterocycles. The summed E-state index contributed by atoms with van der Waals surface area (Å²) in [6.07, 6.45) is 0. The van der Waals surface area contributed by atoms with Gasteiger partial charge in [-0.15, -0.1) is 0 Å². The minimum Gasteiger partial charge on any atom is -0.319 e. The van der Waals surface area contributed by atoms with E-state index in [0.717, 1.165) is 11.1 Å². The summed E-state index contributed by atoms with van der Waals surface area (Å²) in [6.45, 7) is 3.99. The summed E-state index contributed by atoms with van der Waals surface area (Å²) in [4.78, 5) is 22.7. The van der Waals surface area contributed by atoms with E-state index in [-0.39, 0.29) is 11.3 Å². The summed E-state index contributed by atoms with van der Waals surface area (Å²) in [7, 11) is 0. The molecule has 0 radical (unpaired) electrons. The molecule has 0 saturated heterocycles. The first-order valence-electron chi connectivity index (χ1n) is 6.56. The van der Waals surface area contributed by atoms with Crippen molar-refractivity contribution in [3.8, 4) is 11.3 Å². The van der Waals surface area contributed by atoms with Gasteiger partial charge in [0, 0.05) is 6.07 Å². The number of nitrogens with one attached hydrogen (secondary N) is 1. The van der Waals surface area contributed by atoms with Crippen molar-refractivity contribution in [1.82, 2.24) is 9.97 Å². The molecule has 0 fully saturated rings. The normalized spacial score (nSPS) is 10.5. The SMILES string of the molecule is Cc1cc2nc(-c3ccccc3[N+]#N)c(=O)[nH]c2cc1C. The summed E-state index contributed by atoms with van der Waals surface area (Å²) in [5.41, 5.74) is 4.37. The van der Waals surface area contributed by atoms with E-state index in [4.69, 9.17) is 5.39 Å². The van der Waals surface area contributed by atoms with Crippen molar-refractivity contribution in [2.45, 2.75) is 13.8 Å². The van der Waals surface area contributed by atoms with E-state index in [0.29, 0.717) is 22.3 Å². The third-order valence-corrected chi connectivity index (χ3v) is 3.57. The van der Waals surface area contributed by atoms with Crippen LogP contribution in [0.1, 0.15) is 11.1 Å². The van der Waals surface area contributed by atoms with Crippen LogP contribution in [0.15, 0.2) is 41.2 Å². The van der Waals surface area contributed by atoms with Crippen LogP contribution >= 0.6 is 0 Å². The topological polar surface area (TPSA) is 73.9 Å². The zero-order chi connectivity index (χ0) is 15.0. The monoisotopic (exact) mass is 277 g/mol. The van der Waals surface area contributed by atoms with E-state index in [2.05, 4.69) is 14.9 Å². The van der Waals surface area contributed by atoms with Crippen molar-refractivity contribution in [1.29, 1.82) is 5.39 Å². The largest absolute Gasteiger partial charge is 0.394 e. The first-order valence-corrected chi connectivity index (χ1v) is 6.56. The second-order valence-corrected chi connectivity index (χ2v) is 4.99. The Hall–Kier alpha value is -3.00. The molecule has 0 atom stereocenters. The quantitative estimate of drug-likeness (QED) is 0.689. The van der Waals surface area contributed by atoms with Crippen LogP contribution in [0.2, 0.25) is 0 Å². The van der Waals surface area contributed by atoms with Gasteiger partial charge < -0.3 is 4.98 Å². The van der Waals surface area contributed by atoms with Crippen LogP contribution in [0.4, 0.5) is 5.69 Å². The number of hydrogen-bond donors (Lipinski definition) is 1. The maximum absolute atomic E-state index is 12.3. The van der Waals surface area contributed by atoms with E-state index in [1.165, 1.54) is 0 Å². The Kier molecular flexibility index (Phi) is 2.99. The van der Waals surface area contributed by atoms with Crippen LogP contribution in [-0.2, 0) is 0 Å². The third kappa shape index (κ3) is 2.17. The number of aromatic amines is 1. The fourth-order valence-electron chi connectivity index (χ4n) is 2.29. The second-order valence-electron chi connectivity index (χ2n) is 4.99. The van der Waals surface area contributed by atoms with Crippen molar-refractivity contribution in [2.24, 2.45) is 0 Å². The molecular weight excluding hydrogens is 264 g/mol. The number of diazo groups is 1. The molecule has 2 aromatic carbocycles. The Morgan fingerprint density at radius 3 is 2.62 bits per heavy atom. The molecule has 0 aliphatic heterocycles. The minimum atomic E-state index is -0.304. The van der Waals surface area contributed by atoms with Gasteiger partial charge in [0.25, 0.3) is 5.56 Å². The number of fused-ring (bicyclic) bond motifs is 1. The number of aryl methyl sites for hydroxylation is 2. The Bertz CT molecular complexity index is 951. The van der Waals surface area contributed by atoms with Gasteiger partial charge in [-0.05, 0) is 43.2 Å². The molecule has 5 heteroatoms. The Balaban J connectivity index is 2.34. The van der Waals surface area contributed by atoms with Crippen LogP contribution < -0.4 is 5.56 Å². The summed E-state index contributed by atoms with van der Waals surface area (Å²) in [5, 5.41) is 9.05. The zero-order valence-electron chi connectivity index (χ0n) is 11.7. The van der Waals surface area contributed by atoms with Gasteiger partial charge in [0.1, 0.15) is 11.3 Å².